The summed E-state index contributed by atoms with van der Waals surface area (Å²) < 4.78 is 25.2. The van der Waals surface area contributed by atoms with Crippen molar-refractivity contribution in [3.05, 3.63) is 32.4 Å². The minimum Gasteiger partial charge on any atom is -0.320 e. The molecular weight excluding hydrogens is 445 g/mol. The number of carbonyl (C=O) groups is 1. The summed E-state index contributed by atoms with van der Waals surface area (Å²) in [5, 5.41) is -0.241. The van der Waals surface area contributed by atoms with Crippen LogP contribution < -0.4 is 0 Å². The van der Waals surface area contributed by atoms with Crippen molar-refractivity contribution in [2.75, 3.05) is 23.8 Å². The lowest BCUT2D eigenvalue weighted by Gasteiger charge is -2.34. The number of sulfone groups is 1. The second-order valence-electron chi connectivity index (χ2n) is 4.61. The van der Waals surface area contributed by atoms with Gasteiger partial charge in [0.1, 0.15) is 5.37 Å². The Morgan fingerprint density at radius 1 is 1.52 bits per heavy atom. The number of amides is 1. The first-order valence-electron chi connectivity index (χ1n) is 6.42. The molecule has 0 spiro atoms. The van der Waals surface area contributed by atoms with Crippen LogP contribution in [-0.2, 0) is 9.84 Å². The van der Waals surface area contributed by atoms with E-state index in [1.165, 1.54) is 4.90 Å². The van der Waals surface area contributed by atoms with Gasteiger partial charge in [0.2, 0.25) is 0 Å². The Morgan fingerprint density at radius 2 is 2.24 bits per heavy atom. The number of hydrogen-bond donors (Lipinski definition) is 0. The summed E-state index contributed by atoms with van der Waals surface area (Å²) in [6.07, 6.45) is 0. The molecule has 1 saturated heterocycles. The van der Waals surface area contributed by atoms with Crippen LogP contribution in [0, 0.1) is 3.57 Å². The average molecular weight is 460 g/mol. The van der Waals surface area contributed by atoms with E-state index in [2.05, 4.69) is 22.6 Å². The van der Waals surface area contributed by atoms with E-state index >= 15 is 0 Å². The summed E-state index contributed by atoms with van der Waals surface area (Å²) in [6, 6.07) is 5.05. The molecule has 116 valence electrons. The van der Waals surface area contributed by atoms with E-state index < -0.39 is 15.2 Å². The molecule has 21 heavy (non-hydrogen) atoms. The Labute approximate surface area is 147 Å². The number of carbonyl (C=O) groups excluding carboxylic acids is 1. The molecule has 1 aliphatic rings. The van der Waals surface area contributed by atoms with Gasteiger partial charge in [-0.15, -0.1) is 0 Å². The molecule has 1 aliphatic heterocycles. The second-order valence-corrected chi connectivity index (χ2v) is 9.77. The molecule has 1 atom stereocenters. The Kier molecular flexibility index (Phi) is 5.84. The maximum Gasteiger partial charge on any atom is 0.255 e. The maximum atomic E-state index is 12.6. The molecule has 2 rings (SSSR count). The predicted octanol–water partition coefficient (Wildman–Crippen LogP) is 2.89. The van der Waals surface area contributed by atoms with Crippen LogP contribution >= 0.6 is 46.0 Å². The topological polar surface area (TPSA) is 54.5 Å². The molecule has 0 aromatic heterocycles. The highest BCUT2D eigenvalue weighted by molar-refractivity contribution is 14.1. The third-order valence-electron chi connectivity index (χ3n) is 3.33. The molecule has 4 nitrogen and oxygen atoms in total. The highest BCUT2D eigenvalue weighted by atomic mass is 127. The lowest BCUT2D eigenvalue weighted by atomic mass is 10.2. The zero-order chi connectivity index (χ0) is 15.6. The Balaban J connectivity index is 2.33. The zero-order valence-electron chi connectivity index (χ0n) is 11.4. The highest BCUT2D eigenvalue weighted by Crippen LogP contribution is 2.25. The SMILES string of the molecule is CCS(=O)(=O)C1CSCCN1C(=O)c1ccc(I)c(Cl)c1. The van der Waals surface area contributed by atoms with Gasteiger partial charge in [0.05, 0.1) is 5.02 Å². The van der Waals surface area contributed by atoms with Crippen LogP contribution in [0.2, 0.25) is 5.02 Å². The van der Waals surface area contributed by atoms with Gasteiger partial charge in [0.25, 0.3) is 5.91 Å². The summed E-state index contributed by atoms with van der Waals surface area (Å²) in [5.74, 6) is 0.949. The van der Waals surface area contributed by atoms with Crippen molar-refractivity contribution in [3.63, 3.8) is 0 Å². The molecule has 1 heterocycles. The summed E-state index contributed by atoms with van der Waals surface area (Å²) in [7, 11) is -3.29. The van der Waals surface area contributed by atoms with E-state index in [-0.39, 0.29) is 11.7 Å². The number of hydrogen-bond acceptors (Lipinski definition) is 4. The van der Waals surface area contributed by atoms with Crippen LogP contribution in [0.3, 0.4) is 0 Å². The van der Waals surface area contributed by atoms with Crippen molar-refractivity contribution in [2.45, 2.75) is 12.3 Å². The van der Waals surface area contributed by atoms with Crippen molar-refractivity contribution in [1.82, 2.24) is 4.90 Å². The van der Waals surface area contributed by atoms with Gasteiger partial charge in [0, 0.05) is 32.9 Å². The largest absolute Gasteiger partial charge is 0.320 e. The fourth-order valence-corrected chi connectivity index (χ4v) is 5.58. The normalized spacial score (nSPS) is 19.6. The van der Waals surface area contributed by atoms with Crippen LogP contribution in [-0.4, -0.2) is 48.4 Å². The number of thioether (sulfide) groups is 1. The van der Waals surface area contributed by atoms with Crippen molar-refractivity contribution in [3.8, 4) is 0 Å². The third kappa shape index (κ3) is 3.86. The lowest BCUT2D eigenvalue weighted by molar-refractivity contribution is 0.0749. The van der Waals surface area contributed by atoms with Gasteiger partial charge in [0.15, 0.2) is 9.84 Å². The summed E-state index contributed by atoms with van der Waals surface area (Å²) in [5.41, 5.74) is 0.434. The van der Waals surface area contributed by atoms with E-state index in [1.807, 2.05) is 0 Å². The van der Waals surface area contributed by atoms with Gasteiger partial charge in [-0.3, -0.25) is 4.79 Å². The van der Waals surface area contributed by atoms with E-state index in [9.17, 15) is 13.2 Å². The fourth-order valence-electron chi connectivity index (χ4n) is 2.10. The number of nitrogens with zero attached hydrogens (tertiary/aromatic N) is 1. The van der Waals surface area contributed by atoms with Crippen LogP contribution in [0.1, 0.15) is 17.3 Å². The van der Waals surface area contributed by atoms with Gasteiger partial charge < -0.3 is 4.90 Å². The number of benzene rings is 1. The Bertz CT molecular complexity index is 651. The molecule has 1 aromatic carbocycles. The molecule has 0 bridgehead atoms. The van der Waals surface area contributed by atoms with E-state index in [4.69, 9.17) is 11.6 Å². The lowest BCUT2D eigenvalue weighted by Crippen LogP contribution is -2.50. The summed E-state index contributed by atoms with van der Waals surface area (Å²) in [4.78, 5) is 14.1. The number of halogens is 2. The standard InChI is InChI=1S/C13H15ClINO3S2/c1-2-21(18,19)12-8-20-6-5-16(12)13(17)9-3-4-11(15)10(14)7-9/h3-4,7,12H,2,5-6,8H2,1H3. The molecule has 0 radical (unpaired) electrons. The van der Waals surface area contributed by atoms with Crippen molar-refractivity contribution in [2.24, 2.45) is 0 Å². The van der Waals surface area contributed by atoms with Gasteiger partial charge in [-0.2, -0.15) is 11.8 Å². The smallest absolute Gasteiger partial charge is 0.255 e. The second kappa shape index (κ2) is 7.06. The molecule has 1 aromatic rings. The van der Waals surface area contributed by atoms with Gasteiger partial charge in [-0.05, 0) is 40.8 Å². The zero-order valence-corrected chi connectivity index (χ0v) is 15.9. The maximum absolute atomic E-state index is 12.6. The first-order chi connectivity index (χ1) is 9.86. The minimum atomic E-state index is -3.29. The molecule has 0 saturated carbocycles. The average Bonchev–Trinajstić information content (AvgIpc) is 2.49. The quantitative estimate of drug-likeness (QED) is 0.652. The van der Waals surface area contributed by atoms with Crippen LogP contribution in [0.4, 0.5) is 0 Å². The Hall–Kier alpha value is 0.01000. The monoisotopic (exact) mass is 459 g/mol. The van der Waals surface area contributed by atoms with Crippen LogP contribution in [0.5, 0.6) is 0 Å². The number of rotatable bonds is 3. The molecule has 1 amide bonds. The minimum absolute atomic E-state index is 0.0372. The molecule has 0 aliphatic carbocycles. The van der Waals surface area contributed by atoms with Crippen molar-refractivity contribution >= 4 is 61.7 Å². The first kappa shape index (κ1) is 17.4. The third-order valence-corrected chi connectivity index (χ3v) is 8.19. The molecule has 8 heteroatoms. The molecule has 0 N–H and O–H groups in total. The molecular formula is C13H15ClINO3S2. The van der Waals surface area contributed by atoms with Crippen molar-refractivity contribution < 1.29 is 13.2 Å². The predicted molar refractivity (Wildman–Crippen MR) is 95.8 cm³/mol. The first-order valence-corrected chi connectivity index (χ1v) is 10.7. The summed E-state index contributed by atoms with van der Waals surface area (Å²) >= 11 is 9.70. The van der Waals surface area contributed by atoms with E-state index in [0.29, 0.717) is 22.9 Å². The van der Waals surface area contributed by atoms with Gasteiger partial charge in [-0.1, -0.05) is 18.5 Å². The summed E-state index contributed by atoms with van der Waals surface area (Å²) in [6.45, 7) is 2.05. The Morgan fingerprint density at radius 3 is 2.86 bits per heavy atom. The molecule has 1 unspecified atom stereocenters. The van der Waals surface area contributed by atoms with Gasteiger partial charge in [-0.25, -0.2) is 8.42 Å². The van der Waals surface area contributed by atoms with Crippen molar-refractivity contribution in [1.29, 1.82) is 0 Å². The van der Waals surface area contributed by atoms with Crippen LogP contribution in [0.15, 0.2) is 18.2 Å². The van der Waals surface area contributed by atoms with E-state index in [0.717, 1.165) is 9.32 Å². The van der Waals surface area contributed by atoms with Crippen LogP contribution in [0.25, 0.3) is 0 Å². The molecule has 1 fully saturated rings. The van der Waals surface area contributed by atoms with E-state index in [1.54, 1.807) is 36.9 Å². The highest BCUT2D eigenvalue weighted by Gasteiger charge is 2.36. The fraction of sp³-hybridized carbons (Fsp3) is 0.462. The van der Waals surface area contributed by atoms with Gasteiger partial charge >= 0.3 is 0 Å².